The number of fused-ring (bicyclic) bond motifs is 1. The third kappa shape index (κ3) is 3.46. The van der Waals surface area contributed by atoms with E-state index in [9.17, 15) is 18.8 Å². The van der Waals surface area contributed by atoms with E-state index in [4.69, 9.17) is 4.74 Å². The van der Waals surface area contributed by atoms with Crippen LogP contribution in [-0.2, 0) is 15.1 Å². The summed E-state index contributed by atoms with van der Waals surface area (Å²) in [5.74, 6) is -2.00. The average Bonchev–Trinajstić information content (AvgIpc) is 2.92. The number of amides is 3. The van der Waals surface area contributed by atoms with Crippen LogP contribution >= 0.6 is 0 Å². The van der Waals surface area contributed by atoms with Gasteiger partial charge in [-0.25, -0.2) is 4.39 Å². The van der Waals surface area contributed by atoms with Crippen molar-refractivity contribution in [2.45, 2.75) is 12.5 Å². The molecule has 3 amide bonds. The Morgan fingerprint density at radius 1 is 1.07 bits per heavy atom. The molecule has 0 saturated heterocycles. The third-order valence-corrected chi connectivity index (χ3v) is 4.70. The van der Waals surface area contributed by atoms with E-state index in [1.807, 2.05) is 0 Å². The maximum atomic E-state index is 14.1. The smallest absolute Gasteiger partial charge is 0.262 e. The van der Waals surface area contributed by atoms with Gasteiger partial charge >= 0.3 is 0 Å². The van der Waals surface area contributed by atoms with Crippen LogP contribution in [0.2, 0.25) is 0 Å². The third-order valence-electron chi connectivity index (χ3n) is 4.70. The molecule has 7 heteroatoms. The van der Waals surface area contributed by atoms with Gasteiger partial charge in [0.05, 0.1) is 17.7 Å². The first-order valence-electron chi connectivity index (χ1n) is 8.39. The maximum absolute atomic E-state index is 14.1. The van der Waals surface area contributed by atoms with E-state index in [-0.39, 0.29) is 17.7 Å². The molecule has 6 nitrogen and oxygen atoms in total. The summed E-state index contributed by atoms with van der Waals surface area (Å²) in [6.45, 7) is 1.21. The van der Waals surface area contributed by atoms with Crippen LogP contribution in [0.3, 0.4) is 0 Å². The number of hydrogen-bond acceptors (Lipinski definition) is 4. The Bertz CT molecular complexity index is 879. The predicted octanol–water partition coefficient (Wildman–Crippen LogP) is 2.10. The van der Waals surface area contributed by atoms with Gasteiger partial charge in [-0.1, -0.05) is 30.3 Å². The summed E-state index contributed by atoms with van der Waals surface area (Å²) in [6, 6.07) is 12.5. The van der Waals surface area contributed by atoms with Crippen LogP contribution in [0.15, 0.2) is 48.5 Å². The lowest BCUT2D eigenvalue weighted by molar-refractivity contribution is -0.123. The molecule has 1 atom stereocenters. The molecule has 27 heavy (non-hydrogen) atoms. The number of carbonyl (C=O) groups excluding carboxylic acids is 3. The molecular weight excluding hydrogens is 351 g/mol. The highest BCUT2D eigenvalue weighted by Gasteiger charge is 2.37. The maximum Gasteiger partial charge on any atom is 0.262 e. The van der Waals surface area contributed by atoms with E-state index in [1.54, 1.807) is 49.4 Å². The number of ether oxygens (including phenoxy) is 1. The van der Waals surface area contributed by atoms with Crippen LogP contribution in [0.5, 0.6) is 0 Å². The number of benzene rings is 2. The summed E-state index contributed by atoms with van der Waals surface area (Å²) in [7, 11) is 1.42. The minimum atomic E-state index is -1.09. The second-order valence-electron chi connectivity index (χ2n) is 6.43. The molecule has 0 radical (unpaired) electrons. The summed E-state index contributed by atoms with van der Waals surface area (Å²) in [5.41, 5.74) is -0.233. The highest BCUT2D eigenvalue weighted by atomic mass is 19.1. The van der Waals surface area contributed by atoms with Crippen molar-refractivity contribution < 1.29 is 23.5 Å². The molecule has 1 aliphatic rings. The first-order chi connectivity index (χ1) is 12.9. The topological polar surface area (TPSA) is 75.7 Å². The van der Waals surface area contributed by atoms with E-state index in [0.717, 1.165) is 4.90 Å². The summed E-state index contributed by atoms with van der Waals surface area (Å²) in [4.78, 5) is 37.8. The Labute approximate surface area is 155 Å². The SMILES string of the molecule is COC(C)(CNC(=O)CN1C(=O)c2ccccc2C1=O)c1ccccc1F. The number of imide groups is 1. The molecule has 0 fully saturated rings. The molecule has 0 aromatic heterocycles. The average molecular weight is 370 g/mol. The number of carbonyl (C=O) groups is 3. The fourth-order valence-corrected chi connectivity index (χ4v) is 3.02. The molecule has 3 rings (SSSR count). The van der Waals surface area contributed by atoms with Crippen LogP contribution in [0.25, 0.3) is 0 Å². The molecule has 2 aromatic rings. The lowest BCUT2D eigenvalue weighted by Crippen LogP contribution is -2.45. The second kappa shape index (κ2) is 7.28. The summed E-state index contributed by atoms with van der Waals surface area (Å²) >= 11 is 0. The van der Waals surface area contributed by atoms with Gasteiger partial charge in [0.2, 0.25) is 5.91 Å². The lowest BCUT2D eigenvalue weighted by atomic mass is 9.95. The van der Waals surface area contributed by atoms with Crippen LogP contribution in [0.4, 0.5) is 4.39 Å². The van der Waals surface area contributed by atoms with E-state index < -0.39 is 35.7 Å². The van der Waals surface area contributed by atoms with Crippen molar-refractivity contribution in [2.75, 3.05) is 20.2 Å². The van der Waals surface area contributed by atoms with Crippen molar-refractivity contribution in [3.05, 3.63) is 71.0 Å². The quantitative estimate of drug-likeness (QED) is 0.790. The van der Waals surface area contributed by atoms with Crippen molar-refractivity contribution in [1.29, 1.82) is 0 Å². The first-order valence-corrected chi connectivity index (χ1v) is 8.39. The van der Waals surface area contributed by atoms with Crippen LogP contribution < -0.4 is 5.32 Å². The molecule has 0 aliphatic carbocycles. The summed E-state index contributed by atoms with van der Waals surface area (Å²) in [5, 5.41) is 2.62. The van der Waals surface area contributed by atoms with Crippen molar-refractivity contribution in [1.82, 2.24) is 10.2 Å². The number of halogens is 1. The fraction of sp³-hybridized carbons (Fsp3) is 0.250. The van der Waals surface area contributed by atoms with Gasteiger partial charge in [-0.3, -0.25) is 19.3 Å². The van der Waals surface area contributed by atoms with E-state index in [2.05, 4.69) is 5.32 Å². The lowest BCUT2D eigenvalue weighted by Gasteiger charge is -2.29. The van der Waals surface area contributed by atoms with Crippen LogP contribution in [0, 0.1) is 5.82 Å². The van der Waals surface area contributed by atoms with Gasteiger partial charge in [-0.05, 0) is 25.1 Å². The molecule has 1 N–H and O–H groups in total. The molecule has 0 saturated carbocycles. The molecule has 1 unspecified atom stereocenters. The van der Waals surface area contributed by atoms with Gasteiger partial charge in [0.1, 0.15) is 18.0 Å². The Hall–Kier alpha value is -3.06. The van der Waals surface area contributed by atoms with E-state index >= 15 is 0 Å². The van der Waals surface area contributed by atoms with Gasteiger partial charge in [0.15, 0.2) is 0 Å². The van der Waals surface area contributed by atoms with Crippen molar-refractivity contribution in [3.63, 3.8) is 0 Å². The largest absolute Gasteiger partial charge is 0.372 e. The normalized spacial score (nSPS) is 15.4. The Balaban J connectivity index is 1.67. The minimum absolute atomic E-state index is 0.0214. The highest BCUT2D eigenvalue weighted by molar-refractivity contribution is 6.22. The zero-order chi connectivity index (χ0) is 19.6. The predicted molar refractivity (Wildman–Crippen MR) is 95.6 cm³/mol. The van der Waals surface area contributed by atoms with Gasteiger partial charge < -0.3 is 10.1 Å². The minimum Gasteiger partial charge on any atom is -0.372 e. The van der Waals surface area contributed by atoms with Crippen LogP contribution in [-0.4, -0.2) is 42.8 Å². The Kier molecular flexibility index (Phi) is 5.05. The summed E-state index contributed by atoms with van der Waals surface area (Å²) in [6.07, 6.45) is 0. The van der Waals surface area contributed by atoms with Crippen LogP contribution in [0.1, 0.15) is 33.2 Å². The van der Waals surface area contributed by atoms with Gasteiger partial charge in [0.25, 0.3) is 11.8 Å². The number of nitrogens with zero attached hydrogens (tertiary/aromatic N) is 1. The number of hydrogen-bond donors (Lipinski definition) is 1. The zero-order valence-corrected chi connectivity index (χ0v) is 15.0. The van der Waals surface area contributed by atoms with Crippen molar-refractivity contribution in [3.8, 4) is 0 Å². The standard InChI is InChI=1S/C20H19FN2O4/c1-20(27-2,15-9-5-6-10-16(15)21)12-22-17(24)11-23-18(25)13-7-3-4-8-14(13)19(23)26/h3-10H,11-12H2,1-2H3,(H,22,24). The van der Waals surface area contributed by atoms with Gasteiger partial charge in [0, 0.05) is 12.7 Å². The molecule has 1 heterocycles. The Morgan fingerprint density at radius 2 is 1.63 bits per heavy atom. The molecule has 140 valence electrons. The van der Waals surface area contributed by atoms with E-state index in [1.165, 1.54) is 13.2 Å². The van der Waals surface area contributed by atoms with Gasteiger partial charge in [-0.15, -0.1) is 0 Å². The Morgan fingerprint density at radius 3 is 2.19 bits per heavy atom. The van der Waals surface area contributed by atoms with Gasteiger partial charge in [-0.2, -0.15) is 0 Å². The molecule has 0 bridgehead atoms. The molecule has 2 aromatic carbocycles. The number of rotatable bonds is 6. The van der Waals surface area contributed by atoms with Crippen molar-refractivity contribution in [2.24, 2.45) is 0 Å². The molecular formula is C20H19FN2O4. The second-order valence-corrected chi connectivity index (χ2v) is 6.43. The first kappa shape index (κ1) is 18.7. The number of methoxy groups -OCH3 is 1. The zero-order valence-electron chi connectivity index (χ0n) is 15.0. The fourth-order valence-electron chi connectivity index (χ4n) is 3.02. The monoisotopic (exact) mass is 370 g/mol. The number of nitrogens with one attached hydrogen (secondary N) is 1. The molecule has 1 aliphatic heterocycles. The van der Waals surface area contributed by atoms with Crippen molar-refractivity contribution >= 4 is 17.7 Å². The highest BCUT2D eigenvalue weighted by Crippen LogP contribution is 2.26. The van der Waals surface area contributed by atoms with E-state index in [0.29, 0.717) is 5.56 Å². The molecule has 0 spiro atoms. The summed E-state index contributed by atoms with van der Waals surface area (Å²) < 4.78 is 19.5.